The summed E-state index contributed by atoms with van der Waals surface area (Å²) in [6.07, 6.45) is 1.32. The highest BCUT2D eigenvalue weighted by Gasteiger charge is 2.19. The summed E-state index contributed by atoms with van der Waals surface area (Å²) >= 11 is 0. The van der Waals surface area contributed by atoms with Crippen molar-refractivity contribution < 1.29 is 9.00 Å². The Hall–Kier alpha value is -0.420. The summed E-state index contributed by atoms with van der Waals surface area (Å²) < 4.78 is 14.4. The Morgan fingerprint density at radius 2 is 2.31 bits per heavy atom. The van der Waals surface area contributed by atoms with Gasteiger partial charge < -0.3 is 5.32 Å². The lowest BCUT2D eigenvalue weighted by atomic mass is 10.1. The maximum atomic E-state index is 11.4. The first kappa shape index (κ1) is 10.7. The molecular weight excluding hydrogens is 188 g/mol. The molecule has 1 aliphatic heterocycles. The Morgan fingerprint density at radius 3 is 2.77 bits per heavy atom. The number of hydrogen-bond donors (Lipinski definition) is 2. The van der Waals surface area contributed by atoms with E-state index >= 15 is 0 Å². The number of piperidine rings is 1. The van der Waals surface area contributed by atoms with Gasteiger partial charge in [0.1, 0.15) is 0 Å². The molecule has 0 bridgehead atoms. The first-order valence-electron chi connectivity index (χ1n) is 4.53. The van der Waals surface area contributed by atoms with Crippen LogP contribution < -0.4 is 10.0 Å². The van der Waals surface area contributed by atoms with E-state index in [1.165, 1.54) is 0 Å². The van der Waals surface area contributed by atoms with Gasteiger partial charge in [0.15, 0.2) is 0 Å². The van der Waals surface area contributed by atoms with E-state index in [1.807, 2.05) is 13.8 Å². The fourth-order valence-electron chi connectivity index (χ4n) is 1.13. The van der Waals surface area contributed by atoms with Crippen molar-refractivity contribution in [2.75, 3.05) is 6.54 Å². The zero-order valence-corrected chi connectivity index (χ0v) is 8.82. The molecule has 1 heterocycles. The van der Waals surface area contributed by atoms with Gasteiger partial charge in [0.2, 0.25) is 5.91 Å². The minimum absolute atomic E-state index is 0.0911. The van der Waals surface area contributed by atoms with Crippen molar-refractivity contribution in [3.63, 3.8) is 0 Å². The van der Waals surface area contributed by atoms with E-state index in [0.29, 0.717) is 13.0 Å². The maximum absolute atomic E-state index is 11.4. The van der Waals surface area contributed by atoms with Gasteiger partial charge in [-0.25, -0.2) is 8.93 Å². The van der Waals surface area contributed by atoms with Gasteiger partial charge in [0, 0.05) is 24.3 Å². The SMILES string of the molecule is CC(C)S(=O)NC1CCC(=O)NC1. The Morgan fingerprint density at radius 1 is 1.62 bits per heavy atom. The van der Waals surface area contributed by atoms with Gasteiger partial charge in [-0.15, -0.1) is 0 Å². The van der Waals surface area contributed by atoms with E-state index in [2.05, 4.69) is 10.0 Å². The molecule has 0 radical (unpaired) electrons. The number of rotatable bonds is 3. The summed E-state index contributed by atoms with van der Waals surface area (Å²) in [5.74, 6) is 0.0911. The third-order valence-electron chi connectivity index (χ3n) is 1.98. The molecule has 1 saturated heterocycles. The Bertz CT molecular complexity index is 208. The standard InChI is InChI=1S/C8H16N2O2S/c1-6(2)13(12)10-7-3-4-8(11)9-5-7/h6-7,10H,3-5H2,1-2H3,(H,9,11). The second kappa shape index (κ2) is 4.72. The van der Waals surface area contributed by atoms with E-state index in [1.54, 1.807) is 0 Å². The minimum atomic E-state index is -0.982. The molecule has 2 N–H and O–H groups in total. The van der Waals surface area contributed by atoms with E-state index in [0.717, 1.165) is 6.42 Å². The van der Waals surface area contributed by atoms with E-state index in [9.17, 15) is 9.00 Å². The maximum Gasteiger partial charge on any atom is 0.220 e. The Labute approximate surface area is 81.1 Å². The van der Waals surface area contributed by atoms with Crippen LogP contribution in [0.3, 0.4) is 0 Å². The van der Waals surface area contributed by atoms with Crippen LogP contribution in [-0.4, -0.2) is 28.0 Å². The van der Waals surface area contributed by atoms with E-state index < -0.39 is 11.0 Å². The van der Waals surface area contributed by atoms with Crippen molar-refractivity contribution in [3.8, 4) is 0 Å². The van der Waals surface area contributed by atoms with Gasteiger partial charge in [0.25, 0.3) is 0 Å². The summed E-state index contributed by atoms with van der Waals surface area (Å²) in [5.41, 5.74) is 0. The molecule has 2 unspecified atom stereocenters. The predicted molar refractivity (Wildman–Crippen MR) is 52.4 cm³/mol. The number of hydrogen-bond acceptors (Lipinski definition) is 2. The van der Waals surface area contributed by atoms with Crippen molar-refractivity contribution in [1.29, 1.82) is 0 Å². The number of carbonyl (C=O) groups excluding carboxylic acids is 1. The van der Waals surface area contributed by atoms with E-state index in [4.69, 9.17) is 0 Å². The Kier molecular flexibility index (Phi) is 3.87. The summed E-state index contributed by atoms with van der Waals surface area (Å²) in [5, 5.41) is 2.86. The molecule has 1 rings (SSSR count). The fourth-order valence-corrected chi connectivity index (χ4v) is 1.94. The molecule has 76 valence electrons. The molecular formula is C8H16N2O2S. The quantitative estimate of drug-likeness (QED) is 0.676. The summed E-state index contributed by atoms with van der Waals surface area (Å²) in [7, 11) is -0.982. The molecule has 1 aliphatic rings. The van der Waals surface area contributed by atoms with Gasteiger partial charge in [-0.1, -0.05) is 0 Å². The van der Waals surface area contributed by atoms with Crippen LogP contribution in [0.25, 0.3) is 0 Å². The summed E-state index contributed by atoms with van der Waals surface area (Å²) in [6.45, 7) is 4.41. The molecule has 2 atom stereocenters. The lowest BCUT2D eigenvalue weighted by Crippen LogP contribution is -2.47. The topological polar surface area (TPSA) is 58.2 Å². The van der Waals surface area contributed by atoms with Crippen molar-refractivity contribution >= 4 is 16.9 Å². The van der Waals surface area contributed by atoms with Crippen molar-refractivity contribution in [2.45, 2.75) is 38.0 Å². The fraction of sp³-hybridized carbons (Fsp3) is 0.875. The van der Waals surface area contributed by atoms with Gasteiger partial charge in [-0.3, -0.25) is 4.79 Å². The zero-order valence-electron chi connectivity index (χ0n) is 8.00. The van der Waals surface area contributed by atoms with Gasteiger partial charge in [-0.2, -0.15) is 0 Å². The van der Waals surface area contributed by atoms with Crippen LogP contribution in [0.15, 0.2) is 0 Å². The predicted octanol–water partition coefficient (Wildman–Crippen LogP) is -0.0733. The average Bonchev–Trinajstić information content (AvgIpc) is 2.08. The Balaban J connectivity index is 2.30. The summed E-state index contributed by atoms with van der Waals surface area (Å²) in [4.78, 5) is 10.8. The van der Waals surface area contributed by atoms with Crippen LogP contribution in [0.1, 0.15) is 26.7 Å². The normalized spacial score (nSPS) is 25.8. The average molecular weight is 204 g/mol. The van der Waals surface area contributed by atoms with Crippen LogP contribution >= 0.6 is 0 Å². The first-order chi connectivity index (χ1) is 6.09. The second-order valence-electron chi connectivity index (χ2n) is 3.50. The lowest BCUT2D eigenvalue weighted by molar-refractivity contribution is -0.122. The van der Waals surface area contributed by atoms with Crippen LogP contribution in [0, 0.1) is 0 Å². The lowest BCUT2D eigenvalue weighted by Gasteiger charge is -2.23. The molecule has 1 amide bonds. The molecule has 0 saturated carbocycles. The molecule has 0 aromatic heterocycles. The molecule has 13 heavy (non-hydrogen) atoms. The largest absolute Gasteiger partial charge is 0.355 e. The van der Waals surface area contributed by atoms with Gasteiger partial charge in [-0.05, 0) is 20.3 Å². The van der Waals surface area contributed by atoms with Gasteiger partial charge >= 0.3 is 0 Å². The highest BCUT2D eigenvalue weighted by molar-refractivity contribution is 7.83. The second-order valence-corrected chi connectivity index (χ2v) is 5.28. The zero-order chi connectivity index (χ0) is 9.84. The number of nitrogens with one attached hydrogen (secondary N) is 2. The van der Waals surface area contributed by atoms with Crippen molar-refractivity contribution in [3.05, 3.63) is 0 Å². The van der Waals surface area contributed by atoms with Gasteiger partial charge in [0.05, 0.1) is 11.0 Å². The first-order valence-corrected chi connectivity index (χ1v) is 5.74. The monoisotopic (exact) mass is 204 g/mol. The third kappa shape index (κ3) is 3.44. The van der Waals surface area contributed by atoms with Crippen LogP contribution in [0.5, 0.6) is 0 Å². The van der Waals surface area contributed by atoms with Crippen LogP contribution in [0.2, 0.25) is 0 Å². The van der Waals surface area contributed by atoms with Crippen molar-refractivity contribution in [1.82, 2.24) is 10.0 Å². The molecule has 0 spiro atoms. The smallest absolute Gasteiger partial charge is 0.220 e. The molecule has 5 heteroatoms. The van der Waals surface area contributed by atoms with Crippen LogP contribution in [0.4, 0.5) is 0 Å². The third-order valence-corrected chi connectivity index (χ3v) is 3.40. The molecule has 0 aliphatic carbocycles. The van der Waals surface area contributed by atoms with E-state index in [-0.39, 0.29) is 17.2 Å². The molecule has 0 aromatic rings. The number of carbonyl (C=O) groups is 1. The summed E-state index contributed by atoms with van der Waals surface area (Å²) in [6, 6.07) is 0.168. The van der Waals surface area contributed by atoms with Crippen molar-refractivity contribution in [2.24, 2.45) is 0 Å². The highest BCUT2D eigenvalue weighted by atomic mass is 32.2. The minimum Gasteiger partial charge on any atom is -0.355 e. The van der Waals surface area contributed by atoms with Crippen LogP contribution in [-0.2, 0) is 15.8 Å². The molecule has 4 nitrogen and oxygen atoms in total. The molecule has 1 fully saturated rings. The molecule has 0 aromatic carbocycles. The number of amides is 1. The highest BCUT2D eigenvalue weighted by Crippen LogP contribution is 2.04.